The molecule has 1 atom stereocenters. The normalized spacial score (nSPS) is 11.8. The van der Waals surface area contributed by atoms with E-state index in [4.69, 9.17) is 23.2 Å². The van der Waals surface area contributed by atoms with Gasteiger partial charge in [-0.3, -0.25) is 9.59 Å². The average molecular weight is 453 g/mol. The van der Waals surface area contributed by atoms with E-state index in [1.807, 2.05) is 38.1 Å². The first-order valence-corrected chi connectivity index (χ1v) is 11.4. The number of hydrogen-bond acceptors (Lipinski definition) is 3. The first-order chi connectivity index (χ1) is 13.8. The minimum absolute atomic E-state index is 0.0995. The van der Waals surface area contributed by atoms with Crippen molar-refractivity contribution < 1.29 is 9.59 Å². The van der Waals surface area contributed by atoms with Gasteiger partial charge in [0.1, 0.15) is 6.04 Å². The summed E-state index contributed by atoms with van der Waals surface area (Å²) >= 11 is 13.9. The Balaban J connectivity index is 2.08. The molecule has 0 fully saturated rings. The largest absolute Gasteiger partial charge is 0.355 e. The maximum atomic E-state index is 13.0. The zero-order chi connectivity index (χ0) is 21.4. The predicted octanol–water partition coefficient (Wildman–Crippen LogP) is 5.09. The van der Waals surface area contributed by atoms with Crippen LogP contribution >= 0.6 is 35.0 Å². The van der Waals surface area contributed by atoms with Crippen molar-refractivity contribution in [1.82, 2.24) is 10.2 Å². The summed E-state index contributed by atoms with van der Waals surface area (Å²) < 4.78 is 0. The molecule has 2 amide bonds. The molecular weight excluding hydrogens is 427 g/mol. The lowest BCUT2D eigenvalue weighted by Crippen LogP contribution is -2.48. The van der Waals surface area contributed by atoms with E-state index in [1.165, 1.54) is 11.8 Å². The number of halogens is 2. The molecule has 0 aliphatic rings. The number of likely N-dealkylation sites (N-methyl/N-ethyl adjacent to an activating group) is 1. The Labute approximate surface area is 187 Å². The summed E-state index contributed by atoms with van der Waals surface area (Å²) in [6.07, 6.45) is 0. The quantitative estimate of drug-likeness (QED) is 0.576. The predicted molar refractivity (Wildman–Crippen MR) is 122 cm³/mol. The van der Waals surface area contributed by atoms with Gasteiger partial charge in [0, 0.05) is 28.9 Å². The van der Waals surface area contributed by atoms with E-state index in [9.17, 15) is 9.59 Å². The van der Waals surface area contributed by atoms with Gasteiger partial charge in [-0.15, -0.1) is 11.8 Å². The number of carbonyl (C=O) groups excluding carboxylic acids is 2. The number of rotatable bonds is 9. The summed E-state index contributed by atoms with van der Waals surface area (Å²) in [5.74, 6) is 0.500. The highest BCUT2D eigenvalue weighted by Crippen LogP contribution is 2.28. The molecule has 0 radical (unpaired) electrons. The van der Waals surface area contributed by atoms with Crippen molar-refractivity contribution in [2.24, 2.45) is 0 Å². The molecule has 7 heteroatoms. The third-order valence-electron chi connectivity index (χ3n) is 4.53. The lowest BCUT2D eigenvalue weighted by Gasteiger charge is -2.28. The Bertz CT molecular complexity index is 823. The summed E-state index contributed by atoms with van der Waals surface area (Å²) in [7, 11) is 0. The van der Waals surface area contributed by atoms with E-state index < -0.39 is 6.04 Å². The third kappa shape index (κ3) is 6.95. The summed E-state index contributed by atoms with van der Waals surface area (Å²) in [6.45, 7) is 6.54. The molecule has 156 valence electrons. The van der Waals surface area contributed by atoms with Crippen molar-refractivity contribution in [3.05, 3.63) is 69.2 Å². The average Bonchev–Trinajstić information content (AvgIpc) is 2.69. The number of nitrogens with one attached hydrogen (secondary N) is 1. The lowest BCUT2D eigenvalue weighted by atomic mass is 10.1. The highest BCUT2D eigenvalue weighted by atomic mass is 35.5. The molecule has 29 heavy (non-hydrogen) atoms. The fourth-order valence-corrected chi connectivity index (χ4v) is 4.44. The van der Waals surface area contributed by atoms with Crippen molar-refractivity contribution in [3.8, 4) is 0 Å². The van der Waals surface area contributed by atoms with Gasteiger partial charge in [-0.05, 0) is 44.0 Å². The van der Waals surface area contributed by atoms with E-state index in [0.717, 1.165) is 16.7 Å². The Morgan fingerprint density at radius 3 is 2.31 bits per heavy atom. The Kier molecular flexibility index (Phi) is 9.34. The van der Waals surface area contributed by atoms with Crippen molar-refractivity contribution in [2.75, 3.05) is 12.3 Å². The molecule has 0 heterocycles. The molecule has 4 nitrogen and oxygen atoms in total. The van der Waals surface area contributed by atoms with Gasteiger partial charge < -0.3 is 10.2 Å². The summed E-state index contributed by atoms with van der Waals surface area (Å²) in [5, 5.41) is 3.97. The van der Waals surface area contributed by atoms with Gasteiger partial charge in [-0.2, -0.15) is 0 Å². The van der Waals surface area contributed by atoms with Gasteiger partial charge in [0.15, 0.2) is 0 Å². The van der Waals surface area contributed by atoms with Gasteiger partial charge in [0.2, 0.25) is 11.8 Å². The first kappa shape index (κ1) is 23.6. The molecule has 0 saturated carbocycles. The van der Waals surface area contributed by atoms with Crippen LogP contribution in [0.5, 0.6) is 0 Å². The molecule has 0 saturated heterocycles. The van der Waals surface area contributed by atoms with Gasteiger partial charge in [-0.25, -0.2) is 0 Å². The van der Waals surface area contributed by atoms with Gasteiger partial charge in [0.05, 0.1) is 5.75 Å². The fraction of sp³-hybridized carbons (Fsp3) is 0.364. The fourth-order valence-electron chi connectivity index (χ4n) is 2.79. The van der Waals surface area contributed by atoms with Crippen LogP contribution in [0.3, 0.4) is 0 Å². The van der Waals surface area contributed by atoms with E-state index >= 15 is 0 Å². The van der Waals surface area contributed by atoms with Crippen LogP contribution in [0.15, 0.2) is 42.5 Å². The molecule has 0 spiro atoms. The molecular formula is C22H26Cl2N2O2S. The maximum Gasteiger partial charge on any atom is 0.242 e. The summed E-state index contributed by atoms with van der Waals surface area (Å²) in [4.78, 5) is 27.0. The minimum Gasteiger partial charge on any atom is -0.355 e. The molecule has 2 rings (SSSR count). The number of aryl methyl sites for hydroxylation is 1. The zero-order valence-electron chi connectivity index (χ0n) is 16.9. The molecule has 2 aromatic rings. The van der Waals surface area contributed by atoms with Crippen LogP contribution in [-0.2, 0) is 21.9 Å². The van der Waals surface area contributed by atoms with Crippen LogP contribution in [-0.4, -0.2) is 35.1 Å². The van der Waals surface area contributed by atoms with Gasteiger partial charge in [-0.1, -0.05) is 59.1 Å². The van der Waals surface area contributed by atoms with Gasteiger partial charge >= 0.3 is 0 Å². The second kappa shape index (κ2) is 11.5. The second-order valence-corrected chi connectivity index (χ2v) is 8.57. The molecule has 0 unspecified atom stereocenters. The third-order valence-corrected chi connectivity index (χ3v) is 6.18. The number of thioether (sulfide) groups is 1. The Morgan fingerprint density at radius 2 is 1.72 bits per heavy atom. The topological polar surface area (TPSA) is 49.4 Å². The second-order valence-electron chi connectivity index (χ2n) is 6.77. The van der Waals surface area contributed by atoms with Crippen LogP contribution in [0.25, 0.3) is 0 Å². The summed E-state index contributed by atoms with van der Waals surface area (Å²) in [5.41, 5.74) is 2.95. The molecule has 1 N–H and O–H groups in total. The van der Waals surface area contributed by atoms with Crippen LogP contribution in [0.2, 0.25) is 10.0 Å². The van der Waals surface area contributed by atoms with Crippen molar-refractivity contribution in [1.29, 1.82) is 0 Å². The minimum atomic E-state index is -0.562. The Morgan fingerprint density at radius 1 is 1.10 bits per heavy atom. The van der Waals surface area contributed by atoms with Gasteiger partial charge in [0.25, 0.3) is 0 Å². The van der Waals surface area contributed by atoms with Crippen molar-refractivity contribution in [3.63, 3.8) is 0 Å². The number of hydrogen-bond donors (Lipinski definition) is 1. The lowest BCUT2D eigenvalue weighted by molar-refractivity contribution is -0.138. The van der Waals surface area contributed by atoms with E-state index in [2.05, 4.69) is 5.32 Å². The zero-order valence-corrected chi connectivity index (χ0v) is 19.2. The van der Waals surface area contributed by atoms with Crippen LogP contribution in [0, 0.1) is 6.92 Å². The van der Waals surface area contributed by atoms with E-state index in [-0.39, 0.29) is 17.6 Å². The molecule has 2 aromatic carbocycles. The highest BCUT2D eigenvalue weighted by molar-refractivity contribution is 7.99. The van der Waals surface area contributed by atoms with Crippen LogP contribution in [0.4, 0.5) is 0 Å². The standard InChI is InChI=1S/C22H26Cl2N2O2S/c1-4-25-22(28)16(3)26(12-17-10-8-15(2)9-11-17)21(27)14-29-13-18-19(23)6-5-7-20(18)24/h5-11,16H,4,12-14H2,1-3H3,(H,25,28)/t16-/m1/s1. The highest BCUT2D eigenvalue weighted by Gasteiger charge is 2.25. The van der Waals surface area contributed by atoms with Crippen molar-refractivity contribution in [2.45, 2.75) is 39.1 Å². The van der Waals surface area contributed by atoms with Crippen LogP contribution < -0.4 is 5.32 Å². The molecule has 0 aliphatic carbocycles. The smallest absolute Gasteiger partial charge is 0.242 e. The number of benzene rings is 2. The van der Waals surface area contributed by atoms with Crippen molar-refractivity contribution >= 4 is 46.8 Å². The SMILES string of the molecule is CCNC(=O)[C@@H](C)N(Cc1ccc(C)cc1)C(=O)CSCc1c(Cl)cccc1Cl. The molecule has 0 aromatic heterocycles. The molecule has 0 aliphatic heterocycles. The molecule has 0 bridgehead atoms. The van der Waals surface area contributed by atoms with E-state index in [1.54, 1.807) is 30.0 Å². The first-order valence-electron chi connectivity index (χ1n) is 9.46. The monoisotopic (exact) mass is 452 g/mol. The summed E-state index contributed by atoms with van der Waals surface area (Å²) in [6, 6.07) is 12.8. The van der Waals surface area contributed by atoms with Crippen LogP contribution in [0.1, 0.15) is 30.5 Å². The number of nitrogens with zero attached hydrogens (tertiary/aromatic N) is 1. The number of carbonyl (C=O) groups is 2. The van der Waals surface area contributed by atoms with E-state index in [0.29, 0.717) is 28.9 Å². The number of amides is 2. The maximum absolute atomic E-state index is 13.0. The Hall–Kier alpha value is -1.69.